The number of amides is 1. The molecule has 138 valence electrons. The fourth-order valence-corrected chi connectivity index (χ4v) is 2.62. The molecule has 0 saturated heterocycles. The van der Waals surface area contributed by atoms with Crippen molar-refractivity contribution >= 4 is 17.7 Å². The third kappa shape index (κ3) is 12.2. The summed E-state index contributed by atoms with van der Waals surface area (Å²) >= 11 is 5.90. The number of rotatable bonds is 4. The summed E-state index contributed by atoms with van der Waals surface area (Å²) in [4.78, 5) is 10.2. The number of hydrogen-bond donors (Lipinski definition) is 3. The Bertz CT molecular complexity index is 435. The van der Waals surface area contributed by atoms with E-state index in [1.807, 2.05) is 18.2 Å². The number of aryl methyl sites for hydroxylation is 1. The van der Waals surface area contributed by atoms with E-state index in [1.165, 1.54) is 31.9 Å². The quantitative estimate of drug-likeness (QED) is 0.693. The zero-order valence-corrected chi connectivity index (χ0v) is 15.4. The van der Waals surface area contributed by atoms with Crippen LogP contribution in [0.15, 0.2) is 24.3 Å². The van der Waals surface area contributed by atoms with E-state index in [1.54, 1.807) is 0 Å². The van der Waals surface area contributed by atoms with E-state index < -0.39 is 6.09 Å². The number of hydrogen-bond acceptors (Lipinski definition) is 3. The highest BCUT2D eigenvalue weighted by Gasteiger charge is 2.14. The van der Waals surface area contributed by atoms with Gasteiger partial charge >= 0.3 is 6.09 Å². The lowest BCUT2D eigenvalue weighted by molar-refractivity contribution is 0.0325. The van der Waals surface area contributed by atoms with Crippen LogP contribution in [0.1, 0.15) is 51.0 Å². The van der Waals surface area contributed by atoms with Crippen LogP contribution in [-0.4, -0.2) is 36.3 Å². The third-order valence-electron chi connectivity index (χ3n) is 3.54. The first kappa shape index (κ1) is 22.7. The van der Waals surface area contributed by atoms with Crippen molar-refractivity contribution in [1.82, 2.24) is 5.32 Å². The molecule has 0 aromatic heterocycles. The average molecular weight is 360 g/mol. The predicted molar refractivity (Wildman–Crippen MR) is 97.6 cm³/mol. The maximum Gasteiger partial charge on any atom is 0.404 e. The SMILES string of the molecule is CCCc1ccccc1Cl.COCO.O=C(O)NC1CCCCC1. The van der Waals surface area contributed by atoms with E-state index in [-0.39, 0.29) is 12.8 Å². The van der Waals surface area contributed by atoms with Crippen LogP contribution in [0, 0.1) is 0 Å². The standard InChI is InChI=1S/C9H11Cl.C7H13NO2.C2H6O2/c1-2-5-8-6-3-4-7-9(8)10;9-7(10)8-6-4-2-1-3-5-6;1-4-2-3/h3-4,6-7H,2,5H2,1H3;6,8H,1-5H2,(H,9,10);3H,2H2,1H3. The molecule has 1 aliphatic rings. The number of halogens is 1. The maximum absolute atomic E-state index is 10.2. The van der Waals surface area contributed by atoms with Crippen molar-refractivity contribution in [2.24, 2.45) is 0 Å². The zero-order valence-electron chi connectivity index (χ0n) is 14.6. The molecule has 5 nitrogen and oxygen atoms in total. The van der Waals surface area contributed by atoms with Gasteiger partial charge < -0.3 is 20.3 Å². The van der Waals surface area contributed by atoms with Crippen LogP contribution in [0.4, 0.5) is 4.79 Å². The highest BCUT2D eigenvalue weighted by molar-refractivity contribution is 6.31. The molecule has 0 unspecified atom stereocenters. The summed E-state index contributed by atoms with van der Waals surface area (Å²) in [5, 5.41) is 19.4. The number of aliphatic hydroxyl groups is 1. The maximum atomic E-state index is 10.2. The lowest BCUT2D eigenvalue weighted by Gasteiger charge is -2.20. The minimum Gasteiger partial charge on any atom is -0.465 e. The van der Waals surface area contributed by atoms with Crippen molar-refractivity contribution in [3.05, 3.63) is 34.9 Å². The molecule has 0 spiro atoms. The minimum absolute atomic E-state index is 0.181. The van der Waals surface area contributed by atoms with E-state index in [2.05, 4.69) is 23.0 Å². The van der Waals surface area contributed by atoms with Crippen molar-refractivity contribution in [2.45, 2.75) is 57.9 Å². The molecule has 0 heterocycles. The van der Waals surface area contributed by atoms with Gasteiger partial charge in [-0.2, -0.15) is 0 Å². The number of benzene rings is 1. The molecule has 0 atom stereocenters. The number of ether oxygens (including phenoxy) is 1. The number of carboxylic acid groups (broad SMARTS) is 1. The second kappa shape index (κ2) is 15.2. The molecule has 1 aromatic rings. The van der Waals surface area contributed by atoms with Crippen LogP contribution in [0.3, 0.4) is 0 Å². The van der Waals surface area contributed by atoms with Gasteiger partial charge in [0.15, 0.2) is 0 Å². The van der Waals surface area contributed by atoms with Gasteiger partial charge in [0, 0.05) is 18.2 Å². The van der Waals surface area contributed by atoms with Gasteiger partial charge in [-0.05, 0) is 30.9 Å². The molecule has 2 rings (SSSR count). The lowest BCUT2D eigenvalue weighted by atomic mass is 9.96. The summed E-state index contributed by atoms with van der Waals surface area (Å²) in [6, 6.07) is 8.22. The van der Waals surface area contributed by atoms with Crippen LogP contribution in [0.25, 0.3) is 0 Å². The highest BCUT2D eigenvalue weighted by atomic mass is 35.5. The molecular weight excluding hydrogens is 330 g/mol. The second-order valence-electron chi connectivity index (χ2n) is 5.54. The van der Waals surface area contributed by atoms with E-state index >= 15 is 0 Å². The minimum atomic E-state index is -0.882. The van der Waals surface area contributed by atoms with Crippen molar-refractivity contribution < 1.29 is 19.7 Å². The Morgan fingerprint density at radius 3 is 2.33 bits per heavy atom. The van der Waals surface area contributed by atoms with Gasteiger partial charge in [-0.3, -0.25) is 0 Å². The van der Waals surface area contributed by atoms with Gasteiger partial charge in [-0.25, -0.2) is 4.79 Å². The van der Waals surface area contributed by atoms with Crippen molar-refractivity contribution in [3.8, 4) is 0 Å². The van der Waals surface area contributed by atoms with Crippen LogP contribution in [0.5, 0.6) is 0 Å². The molecule has 1 saturated carbocycles. The largest absolute Gasteiger partial charge is 0.465 e. The van der Waals surface area contributed by atoms with Crippen LogP contribution >= 0.6 is 11.6 Å². The first-order valence-corrected chi connectivity index (χ1v) is 8.75. The van der Waals surface area contributed by atoms with Gasteiger partial charge in [-0.1, -0.05) is 62.4 Å². The molecule has 0 radical (unpaired) electrons. The molecule has 6 heteroatoms. The summed E-state index contributed by atoms with van der Waals surface area (Å²) in [5.74, 6) is 0. The molecule has 3 N–H and O–H groups in total. The zero-order chi connectivity index (χ0) is 18.2. The normalized spacial score (nSPS) is 13.8. The van der Waals surface area contributed by atoms with E-state index in [0.29, 0.717) is 0 Å². The lowest BCUT2D eigenvalue weighted by Crippen LogP contribution is -2.34. The second-order valence-corrected chi connectivity index (χ2v) is 5.95. The van der Waals surface area contributed by atoms with Crippen LogP contribution in [-0.2, 0) is 11.2 Å². The molecule has 24 heavy (non-hydrogen) atoms. The number of aliphatic hydroxyl groups excluding tert-OH is 1. The Morgan fingerprint density at radius 1 is 1.29 bits per heavy atom. The first-order valence-electron chi connectivity index (χ1n) is 8.37. The van der Waals surface area contributed by atoms with Gasteiger partial charge in [0.2, 0.25) is 0 Å². The molecule has 1 amide bonds. The Labute approximate surface area is 150 Å². The van der Waals surface area contributed by atoms with Gasteiger partial charge in [-0.15, -0.1) is 0 Å². The Balaban J connectivity index is 0.000000363. The average Bonchev–Trinajstić information content (AvgIpc) is 2.58. The van der Waals surface area contributed by atoms with Gasteiger partial charge in [0.25, 0.3) is 0 Å². The number of nitrogens with one attached hydrogen (secondary N) is 1. The van der Waals surface area contributed by atoms with E-state index in [4.69, 9.17) is 21.8 Å². The fourth-order valence-electron chi connectivity index (χ4n) is 2.39. The Kier molecular flexibility index (Phi) is 14.4. The van der Waals surface area contributed by atoms with Crippen LogP contribution in [0.2, 0.25) is 5.02 Å². The molecule has 1 aromatic carbocycles. The van der Waals surface area contributed by atoms with Gasteiger partial charge in [0.1, 0.15) is 6.79 Å². The molecule has 1 aliphatic carbocycles. The topological polar surface area (TPSA) is 78.8 Å². The van der Waals surface area contributed by atoms with Crippen molar-refractivity contribution in [1.29, 1.82) is 0 Å². The van der Waals surface area contributed by atoms with E-state index in [0.717, 1.165) is 30.7 Å². The summed E-state index contributed by atoms with van der Waals surface area (Å²) in [6.07, 6.45) is 7.00. The molecular formula is C18H30ClNO4. The number of methoxy groups -OCH3 is 1. The summed E-state index contributed by atoms with van der Waals surface area (Å²) in [6.45, 7) is 1.98. The molecule has 1 fully saturated rings. The summed E-state index contributed by atoms with van der Waals surface area (Å²) in [5.41, 5.74) is 1.26. The molecule has 0 bridgehead atoms. The van der Waals surface area contributed by atoms with E-state index in [9.17, 15) is 4.79 Å². The molecule has 0 aliphatic heterocycles. The van der Waals surface area contributed by atoms with Crippen molar-refractivity contribution in [2.75, 3.05) is 13.9 Å². The van der Waals surface area contributed by atoms with Gasteiger partial charge in [0.05, 0.1) is 0 Å². The third-order valence-corrected chi connectivity index (χ3v) is 3.91. The smallest absolute Gasteiger partial charge is 0.404 e. The summed E-state index contributed by atoms with van der Waals surface area (Å²) < 4.78 is 4.10. The fraction of sp³-hybridized carbons (Fsp3) is 0.611. The number of carbonyl (C=O) groups is 1. The highest BCUT2D eigenvalue weighted by Crippen LogP contribution is 2.17. The Hall–Kier alpha value is -1.30. The summed E-state index contributed by atoms with van der Waals surface area (Å²) in [7, 11) is 1.43. The first-order chi connectivity index (χ1) is 11.5. The monoisotopic (exact) mass is 359 g/mol. The Morgan fingerprint density at radius 2 is 1.88 bits per heavy atom. The predicted octanol–water partition coefficient (Wildman–Crippen LogP) is 4.46. The van der Waals surface area contributed by atoms with Crippen LogP contribution < -0.4 is 5.32 Å². The van der Waals surface area contributed by atoms with Crippen molar-refractivity contribution in [3.63, 3.8) is 0 Å².